The van der Waals surface area contributed by atoms with Gasteiger partial charge in [-0.15, -0.1) is 11.3 Å². The van der Waals surface area contributed by atoms with Crippen molar-refractivity contribution in [1.29, 1.82) is 0 Å². The van der Waals surface area contributed by atoms with Crippen molar-refractivity contribution in [3.8, 4) is 0 Å². The Bertz CT molecular complexity index is 695. The van der Waals surface area contributed by atoms with Gasteiger partial charge in [0.2, 0.25) is 0 Å². The van der Waals surface area contributed by atoms with E-state index < -0.39 is 15.8 Å². The fraction of sp³-hybridized carbons (Fsp3) is 0.167. The summed E-state index contributed by atoms with van der Waals surface area (Å²) in [5.41, 5.74) is 0.163. The number of aliphatic hydroxyl groups is 1. The molecule has 0 bridgehead atoms. The van der Waals surface area contributed by atoms with E-state index in [1.54, 1.807) is 6.92 Å². The van der Waals surface area contributed by atoms with E-state index in [1.807, 2.05) is 0 Å². The number of hydrogen-bond donors (Lipinski definition) is 2. The molecule has 2 aromatic rings. The van der Waals surface area contributed by atoms with Gasteiger partial charge in [-0.3, -0.25) is 4.72 Å². The topological polar surface area (TPSA) is 66.4 Å². The Morgan fingerprint density at radius 3 is 2.68 bits per heavy atom. The highest BCUT2D eigenvalue weighted by atomic mass is 32.2. The first-order valence-corrected chi connectivity index (χ1v) is 7.71. The van der Waals surface area contributed by atoms with Crippen LogP contribution in [0.2, 0.25) is 0 Å². The van der Waals surface area contributed by atoms with Crippen LogP contribution in [0.25, 0.3) is 0 Å². The highest BCUT2D eigenvalue weighted by molar-refractivity contribution is 7.93. The lowest BCUT2D eigenvalue weighted by atomic mass is 10.3. The number of anilines is 1. The van der Waals surface area contributed by atoms with Crippen LogP contribution >= 0.6 is 11.3 Å². The Labute approximate surface area is 114 Å². The summed E-state index contributed by atoms with van der Waals surface area (Å²) in [7, 11) is -3.77. The molecule has 0 aliphatic carbocycles. The summed E-state index contributed by atoms with van der Waals surface area (Å²) in [6, 6.07) is 6.65. The second kappa shape index (κ2) is 5.28. The van der Waals surface area contributed by atoms with E-state index in [4.69, 9.17) is 5.11 Å². The number of aliphatic hydroxyl groups excluding tert-OH is 1. The van der Waals surface area contributed by atoms with Gasteiger partial charge in [0.1, 0.15) is 10.7 Å². The van der Waals surface area contributed by atoms with Crippen LogP contribution in [0.3, 0.4) is 0 Å². The van der Waals surface area contributed by atoms with Gasteiger partial charge in [0, 0.05) is 9.75 Å². The summed E-state index contributed by atoms with van der Waals surface area (Å²) >= 11 is 1.21. The van der Waals surface area contributed by atoms with Crippen molar-refractivity contribution in [3.05, 3.63) is 45.9 Å². The van der Waals surface area contributed by atoms with Crippen molar-refractivity contribution in [2.45, 2.75) is 18.4 Å². The smallest absolute Gasteiger partial charge is 0.263 e. The molecule has 19 heavy (non-hydrogen) atoms. The number of aryl methyl sites for hydroxylation is 1. The lowest BCUT2D eigenvalue weighted by Gasteiger charge is -2.07. The molecule has 0 spiro atoms. The van der Waals surface area contributed by atoms with Gasteiger partial charge in [0.25, 0.3) is 10.0 Å². The molecule has 2 N–H and O–H groups in total. The Hall–Kier alpha value is -1.44. The molecule has 1 heterocycles. The monoisotopic (exact) mass is 301 g/mol. The van der Waals surface area contributed by atoms with Gasteiger partial charge in [-0.2, -0.15) is 0 Å². The Morgan fingerprint density at radius 2 is 2.11 bits per heavy atom. The van der Waals surface area contributed by atoms with Crippen molar-refractivity contribution in [1.82, 2.24) is 0 Å². The van der Waals surface area contributed by atoms with Crippen LogP contribution in [0, 0.1) is 12.7 Å². The summed E-state index contributed by atoms with van der Waals surface area (Å²) in [5.74, 6) is -0.515. The van der Waals surface area contributed by atoms with E-state index in [0.29, 0.717) is 9.75 Å². The average Bonchev–Trinajstić information content (AvgIpc) is 2.71. The van der Waals surface area contributed by atoms with E-state index in [9.17, 15) is 12.8 Å². The second-order valence-corrected chi connectivity index (χ2v) is 6.90. The molecular weight excluding hydrogens is 289 g/mol. The van der Waals surface area contributed by atoms with Gasteiger partial charge >= 0.3 is 0 Å². The SMILES string of the molecule is Cc1sc(CO)cc1S(=O)(=O)Nc1cccc(F)c1. The zero-order valence-corrected chi connectivity index (χ0v) is 11.7. The maximum absolute atomic E-state index is 13.0. The molecule has 0 unspecified atom stereocenters. The lowest BCUT2D eigenvalue weighted by molar-refractivity contribution is 0.285. The van der Waals surface area contributed by atoms with Gasteiger partial charge in [-0.1, -0.05) is 6.07 Å². The normalized spacial score (nSPS) is 11.5. The molecule has 102 valence electrons. The summed E-state index contributed by atoms with van der Waals surface area (Å²) in [6.07, 6.45) is 0. The fourth-order valence-electron chi connectivity index (χ4n) is 1.63. The first-order chi connectivity index (χ1) is 8.92. The molecule has 1 aromatic carbocycles. The van der Waals surface area contributed by atoms with Crippen LogP contribution in [0.5, 0.6) is 0 Å². The van der Waals surface area contributed by atoms with E-state index in [1.165, 1.54) is 35.6 Å². The zero-order chi connectivity index (χ0) is 14.0. The molecule has 1 aromatic heterocycles. The first kappa shape index (κ1) is 14.0. The Balaban J connectivity index is 2.34. The van der Waals surface area contributed by atoms with E-state index in [2.05, 4.69) is 4.72 Å². The third-order valence-electron chi connectivity index (χ3n) is 2.45. The number of sulfonamides is 1. The molecule has 0 amide bonds. The summed E-state index contributed by atoms with van der Waals surface area (Å²) in [4.78, 5) is 1.25. The van der Waals surface area contributed by atoms with Crippen molar-refractivity contribution >= 4 is 27.0 Å². The van der Waals surface area contributed by atoms with Gasteiger partial charge in [0.05, 0.1) is 12.3 Å². The van der Waals surface area contributed by atoms with Gasteiger partial charge in [0.15, 0.2) is 0 Å². The Morgan fingerprint density at radius 1 is 1.37 bits per heavy atom. The zero-order valence-electron chi connectivity index (χ0n) is 10.1. The van der Waals surface area contributed by atoms with Crippen LogP contribution in [-0.2, 0) is 16.6 Å². The van der Waals surface area contributed by atoms with Crippen molar-refractivity contribution in [2.75, 3.05) is 4.72 Å². The standard InChI is InChI=1S/C12H12FNO3S2/c1-8-12(6-11(7-15)18-8)19(16,17)14-10-4-2-3-9(13)5-10/h2-6,14-15H,7H2,1H3. The minimum Gasteiger partial charge on any atom is -0.391 e. The maximum Gasteiger partial charge on any atom is 0.263 e. The Kier molecular flexibility index (Phi) is 3.88. The highest BCUT2D eigenvalue weighted by Crippen LogP contribution is 2.27. The molecule has 0 saturated carbocycles. The number of thiophene rings is 1. The quantitative estimate of drug-likeness (QED) is 0.912. The molecule has 0 fully saturated rings. The van der Waals surface area contributed by atoms with Gasteiger partial charge < -0.3 is 5.11 Å². The average molecular weight is 301 g/mol. The minimum absolute atomic E-state index is 0.103. The van der Waals surface area contributed by atoms with Crippen LogP contribution in [-0.4, -0.2) is 13.5 Å². The van der Waals surface area contributed by atoms with Crippen molar-refractivity contribution in [3.63, 3.8) is 0 Å². The minimum atomic E-state index is -3.77. The number of rotatable bonds is 4. The summed E-state index contributed by atoms with van der Waals surface area (Å²) in [6.45, 7) is 1.45. The lowest BCUT2D eigenvalue weighted by Crippen LogP contribution is -2.13. The molecule has 0 aliphatic heterocycles. The van der Waals surface area contributed by atoms with E-state index in [-0.39, 0.29) is 17.2 Å². The van der Waals surface area contributed by atoms with Crippen LogP contribution in [0.1, 0.15) is 9.75 Å². The predicted molar refractivity (Wildman–Crippen MR) is 72.2 cm³/mol. The van der Waals surface area contributed by atoms with E-state index >= 15 is 0 Å². The summed E-state index contributed by atoms with van der Waals surface area (Å²) < 4.78 is 39.6. The first-order valence-electron chi connectivity index (χ1n) is 5.41. The third kappa shape index (κ3) is 3.12. The van der Waals surface area contributed by atoms with Crippen LogP contribution < -0.4 is 4.72 Å². The third-order valence-corrected chi connectivity index (χ3v) is 5.12. The van der Waals surface area contributed by atoms with Crippen molar-refractivity contribution < 1.29 is 17.9 Å². The van der Waals surface area contributed by atoms with Crippen LogP contribution in [0.4, 0.5) is 10.1 Å². The predicted octanol–water partition coefficient (Wildman–Crippen LogP) is 2.49. The summed E-state index contributed by atoms with van der Waals surface area (Å²) in [5, 5.41) is 9.01. The van der Waals surface area contributed by atoms with Gasteiger partial charge in [-0.05, 0) is 31.2 Å². The highest BCUT2D eigenvalue weighted by Gasteiger charge is 2.20. The van der Waals surface area contributed by atoms with Gasteiger partial charge in [-0.25, -0.2) is 12.8 Å². The van der Waals surface area contributed by atoms with Crippen molar-refractivity contribution in [2.24, 2.45) is 0 Å². The molecule has 0 radical (unpaired) electrons. The molecule has 0 atom stereocenters. The molecule has 4 nitrogen and oxygen atoms in total. The molecule has 0 aliphatic rings. The number of benzene rings is 1. The van der Waals surface area contributed by atoms with E-state index in [0.717, 1.165) is 6.07 Å². The fourth-order valence-corrected chi connectivity index (χ4v) is 4.18. The number of halogens is 1. The largest absolute Gasteiger partial charge is 0.391 e. The molecular formula is C12H12FNO3S2. The maximum atomic E-state index is 13.0. The number of hydrogen-bond acceptors (Lipinski definition) is 4. The van der Waals surface area contributed by atoms with Crippen LogP contribution in [0.15, 0.2) is 35.2 Å². The molecule has 2 rings (SSSR count). The second-order valence-electron chi connectivity index (χ2n) is 3.91. The number of nitrogens with one attached hydrogen (secondary N) is 1. The molecule has 7 heteroatoms. The molecule has 0 saturated heterocycles.